The molecule has 1 N–H and O–H groups in total. The molecule has 2 saturated heterocycles. The van der Waals surface area contributed by atoms with Crippen molar-refractivity contribution in [2.75, 3.05) is 56.1 Å². The van der Waals surface area contributed by atoms with E-state index in [4.69, 9.17) is 17.0 Å². The number of carbonyl (C=O) groups is 3. The summed E-state index contributed by atoms with van der Waals surface area (Å²) in [6, 6.07) is 21.7. The molecule has 0 saturated carbocycles. The number of esters is 1. The maximum Gasteiger partial charge on any atom is 0.338 e. The zero-order valence-electron chi connectivity index (χ0n) is 25.4. The van der Waals surface area contributed by atoms with Gasteiger partial charge >= 0.3 is 5.97 Å². The predicted octanol–water partition coefficient (Wildman–Crippen LogP) is 4.54. The molecule has 5 rings (SSSR count). The van der Waals surface area contributed by atoms with E-state index >= 15 is 0 Å². The van der Waals surface area contributed by atoms with Gasteiger partial charge in [-0.1, -0.05) is 30.3 Å². The van der Waals surface area contributed by atoms with Crippen LogP contribution in [-0.4, -0.2) is 89.5 Å². The molecule has 0 unspecified atom stereocenters. The number of halogens is 1. The summed E-state index contributed by atoms with van der Waals surface area (Å²) >= 11 is 5.76. The first-order chi connectivity index (χ1) is 21.8. The number of nitrogens with zero attached hydrogens (tertiary/aromatic N) is 4. The lowest BCUT2D eigenvalue weighted by atomic mass is 10.1. The Balaban J connectivity index is 1.20. The summed E-state index contributed by atoms with van der Waals surface area (Å²) < 4.78 is 18.7. The van der Waals surface area contributed by atoms with E-state index in [1.165, 1.54) is 34.7 Å². The highest BCUT2D eigenvalue weighted by Crippen LogP contribution is 2.28. The number of piperazine rings is 1. The van der Waals surface area contributed by atoms with E-state index in [2.05, 4.69) is 39.4 Å². The maximum atomic E-state index is 13.7. The van der Waals surface area contributed by atoms with E-state index in [-0.39, 0.29) is 24.8 Å². The molecule has 2 fully saturated rings. The van der Waals surface area contributed by atoms with E-state index in [9.17, 15) is 18.8 Å². The summed E-state index contributed by atoms with van der Waals surface area (Å²) in [4.78, 5) is 46.9. The van der Waals surface area contributed by atoms with Crippen molar-refractivity contribution in [3.63, 3.8) is 0 Å². The van der Waals surface area contributed by atoms with Crippen LogP contribution in [0.25, 0.3) is 0 Å². The number of hydrogen-bond donors (Lipinski definition) is 1. The first-order valence-electron chi connectivity index (χ1n) is 15.3. The van der Waals surface area contributed by atoms with Crippen LogP contribution in [0.4, 0.5) is 15.8 Å². The van der Waals surface area contributed by atoms with Gasteiger partial charge in [-0.3, -0.25) is 19.4 Å². The van der Waals surface area contributed by atoms with Crippen molar-refractivity contribution >= 4 is 46.5 Å². The van der Waals surface area contributed by atoms with Crippen molar-refractivity contribution < 1.29 is 23.5 Å². The smallest absolute Gasteiger partial charge is 0.338 e. The molecule has 1 atom stereocenters. The van der Waals surface area contributed by atoms with Crippen molar-refractivity contribution in [1.29, 1.82) is 0 Å². The number of anilines is 2. The van der Waals surface area contributed by atoms with E-state index in [1.807, 2.05) is 11.0 Å². The Morgan fingerprint density at radius 3 is 2.24 bits per heavy atom. The van der Waals surface area contributed by atoms with Gasteiger partial charge in [0, 0.05) is 45.0 Å². The van der Waals surface area contributed by atoms with Crippen molar-refractivity contribution in [3.05, 3.63) is 95.8 Å². The monoisotopic (exact) mass is 631 g/mol. The van der Waals surface area contributed by atoms with Crippen LogP contribution in [0.1, 0.15) is 35.7 Å². The van der Waals surface area contributed by atoms with E-state index < -0.39 is 17.8 Å². The zero-order valence-corrected chi connectivity index (χ0v) is 26.2. The molecular weight excluding hydrogens is 593 g/mol. The molecular formula is C34H38FN5O4S. The predicted molar refractivity (Wildman–Crippen MR) is 175 cm³/mol. The molecule has 0 aromatic heterocycles. The molecule has 0 spiro atoms. The minimum atomic E-state index is -0.802. The quantitative estimate of drug-likeness (QED) is 0.231. The molecule has 3 aromatic rings. The van der Waals surface area contributed by atoms with Gasteiger partial charge < -0.3 is 19.9 Å². The summed E-state index contributed by atoms with van der Waals surface area (Å²) in [6.07, 6.45) is 0.644. The molecule has 0 radical (unpaired) electrons. The van der Waals surface area contributed by atoms with Gasteiger partial charge in [-0.2, -0.15) is 0 Å². The van der Waals surface area contributed by atoms with Crippen LogP contribution < -0.4 is 10.2 Å². The molecule has 11 heteroatoms. The number of benzene rings is 3. The Morgan fingerprint density at radius 1 is 0.911 bits per heavy atom. The first kappa shape index (κ1) is 32.2. The molecule has 0 aliphatic carbocycles. The number of carbonyl (C=O) groups excluding carboxylic acids is 3. The van der Waals surface area contributed by atoms with Gasteiger partial charge in [-0.25, -0.2) is 9.18 Å². The minimum absolute atomic E-state index is 0.117. The standard InChI is InChI=1S/C34H38FN5O4S/c1-2-44-33(43)26-9-13-28(14-10-26)36-31(41)23-30-32(42)40(29-15-11-27(35)12-16-29)34(45)39(30)18-6-17-37-19-21-38(22-20-37)24-25-7-4-3-5-8-25/h3-5,7-16,30H,2,6,17-24H2,1H3,(H,36,41)/t30-/m0/s1. The maximum absolute atomic E-state index is 13.7. The van der Waals surface area contributed by atoms with E-state index in [0.29, 0.717) is 28.6 Å². The van der Waals surface area contributed by atoms with E-state index in [0.717, 1.165) is 45.7 Å². The van der Waals surface area contributed by atoms with Crippen LogP contribution in [0, 0.1) is 5.82 Å². The zero-order chi connectivity index (χ0) is 31.8. The van der Waals surface area contributed by atoms with Crippen molar-refractivity contribution in [1.82, 2.24) is 14.7 Å². The van der Waals surface area contributed by atoms with Gasteiger partial charge in [0.1, 0.15) is 11.9 Å². The number of amides is 2. The van der Waals surface area contributed by atoms with Crippen LogP contribution >= 0.6 is 12.2 Å². The van der Waals surface area contributed by atoms with Gasteiger partial charge in [0.25, 0.3) is 5.91 Å². The highest BCUT2D eigenvalue weighted by Gasteiger charge is 2.44. The van der Waals surface area contributed by atoms with E-state index in [1.54, 1.807) is 31.2 Å². The molecule has 9 nitrogen and oxygen atoms in total. The van der Waals surface area contributed by atoms with Crippen LogP contribution in [0.15, 0.2) is 78.9 Å². The number of rotatable bonds is 12. The van der Waals surface area contributed by atoms with Gasteiger partial charge in [0.15, 0.2) is 5.11 Å². The Kier molecular flexibility index (Phi) is 10.9. The lowest BCUT2D eigenvalue weighted by Crippen LogP contribution is -2.47. The largest absolute Gasteiger partial charge is 0.462 e. The third kappa shape index (κ3) is 8.30. The van der Waals surface area contributed by atoms with Crippen LogP contribution in [-0.2, 0) is 20.9 Å². The van der Waals surface area contributed by atoms with Gasteiger partial charge in [0.2, 0.25) is 5.91 Å². The second-order valence-corrected chi connectivity index (χ2v) is 11.5. The summed E-state index contributed by atoms with van der Waals surface area (Å²) in [5.74, 6) is -1.54. The SMILES string of the molecule is CCOC(=O)c1ccc(NC(=O)C[C@H]2C(=O)N(c3ccc(F)cc3)C(=S)N2CCCN2CCN(Cc3ccccc3)CC2)cc1. The Morgan fingerprint density at radius 2 is 1.58 bits per heavy atom. The lowest BCUT2D eigenvalue weighted by molar-refractivity contribution is -0.124. The van der Waals surface area contributed by atoms with Crippen LogP contribution in [0.2, 0.25) is 0 Å². The number of hydrogen-bond acceptors (Lipinski definition) is 7. The second kappa shape index (κ2) is 15.2. The second-order valence-electron chi connectivity index (χ2n) is 11.1. The summed E-state index contributed by atoms with van der Waals surface area (Å²) in [5, 5.41) is 3.12. The molecule has 2 aliphatic rings. The van der Waals surface area contributed by atoms with Gasteiger partial charge in [-0.05, 0) is 86.2 Å². The Bertz CT molecular complexity index is 1480. The van der Waals surface area contributed by atoms with Crippen molar-refractivity contribution in [2.24, 2.45) is 0 Å². The topological polar surface area (TPSA) is 85.4 Å². The lowest BCUT2D eigenvalue weighted by Gasteiger charge is -2.35. The molecule has 3 aromatic carbocycles. The molecule has 2 aliphatic heterocycles. The number of thiocarbonyl (C=S) groups is 1. The third-order valence-corrected chi connectivity index (χ3v) is 8.47. The van der Waals surface area contributed by atoms with Crippen molar-refractivity contribution in [3.8, 4) is 0 Å². The molecule has 236 valence electrons. The highest BCUT2D eigenvalue weighted by molar-refractivity contribution is 7.80. The molecule has 2 amide bonds. The average Bonchev–Trinajstić information content (AvgIpc) is 3.27. The Hall–Kier alpha value is -4.19. The van der Waals surface area contributed by atoms with Crippen LogP contribution in [0.3, 0.4) is 0 Å². The fourth-order valence-electron chi connectivity index (χ4n) is 5.68. The first-order valence-corrected chi connectivity index (χ1v) is 15.7. The summed E-state index contributed by atoms with van der Waals surface area (Å²) in [6.45, 7) is 8.17. The van der Waals surface area contributed by atoms with Crippen LogP contribution in [0.5, 0.6) is 0 Å². The third-order valence-electron chi connectivity index (χ3n) is 8.05. The summed E-state index contributed by atoms with van der Waals surface area (Å²) in [5.41, 5.74) is 2.65. The average molecular weight is 632 g/mol. The normalized spacial score (nSPS) is 17.5. The van der Waals surface area contributed by atoms with Gasteiger partial charge in [0.05, 0.1) is 24.3 Å². The fourth-order valence-corrected chi connectivity index (χ4v) is 6.10. The Labute approximate surface area is 268 Å². The highest BCUT2D eigenvalue weighted by atomic mass is 32.1. The van der Waals surface area contributed by atoms with Crippen molar-refractivity contribution in [2.45, 2.75) is 32.4 Å². The van der Waals surface area contributed by atoms with Gasteiger partial charge in [-0.15, -0.1) is 0 Å². The number of ether oxygens (including phenoxy) is 1. The number of nitrogens with one attached hydrogen (secondary N) is 1. The molecule has 0 bridgehead atoms. The molecule has 45 heavy (non-hydrogen) atoms. The fraction of sp³-hybridized carbons (Fsp3) is 0.353. The summed E-state index contributed by atoms with van der Waals surface area (Å²) in [7, 11) is 0. The minimum Gasteiger partial charge on any atom is -0.462 e. The molecule has 2 heterocycles.